The SMILES string of the molecule is COCC(Nc1c(F)ccc(C)c1F)C(=O)O. The second-order valence-electron chi connectivity index (χ2n) is 3.54. The molecule has 1 atom stereocenters. The smallest absolute Gasteiger partial charge is 0.328 e. The minimum absolute atomic E-state index is 0.192. The number of rotatable bonds is 5. The molecule has 0 bridgehead atoms. The molecule has 6 heteroatoms. The standard InChI is InChI=1S/C11H13F2NO3/c1-6-3-4-7(12)10(9(6)13)14-8(5-17-2)11(15)16/h3-4,8,14H,5H2,1-2H3,(H,15,16). The molecular weight excluding hydrogens is 232 g/mol. The first-order valence-corrected chi connectivity index (χ1v) is 4.90. The van der Waals surface area contributed by atoms with E-state index < -0.39 is 29.3 Å². The Morgan fingerprint density at radius 3 is 2.71 bits per heavy atom. The molecule has 0 saturated heterocycles. The molecule has 1 aromatic rings. The maximum atomic E-state index is 13.6. The summed E-state index contributed by atoms with van der Waals surface area (Å²) in [5.41, 5.74) is -0.218. The van der Waals surface area contributed by atoms with Crippen LogP contribution < -0.4 is 5.32 Å². The van der Waals surface area contributed by atoms with Gasteiger partial charge in [-0.15, -0.1) is 0 Å². The summed E-state index contributed by atoms with van der Waals surface area (Å²) in [4.78, 5) is 10.8. The highest BCUT2D eigenvalue weighted by molar-refractivity contribution is 5.77. The third-order valence-corrected chi connectivity index (χ3v) is 2.23. The van der Waals surface area contributed by atoms with Gasteiger partial charge < -0.3 is 15.2 Å². The first-order valence-electron chi connectivity index (χ1n) is 4.90. The van der Waals surface area contributed by atoms with Crippen LogP contribution in [0.4, 0.5) is 14.5 Å². The number of aryl methyl sites for hydroxylation is 1. The van der Waals surface area contributed by atoms with Gasteiger partial charge in [0, 0.05) is 7.11 Å². The number of ether oxygens (including phenoxy) is 1. The van der Waals surface area contributed by atoms with E-state index in [0.717, 1.165) is 6.07 Å². The number of hydrogen-bond donors (Lipinski definition) is 2. The number of anilines is 1. The van der Waals surface area contributed by atoms with Gasteiger partial charge in [-0.1, -0.05) is 6.07 Å². The van der Waals surface area contributed by atoms with Gasteiger partial charge in [-0.3, -0.25) is 0 Å². The number of benzene rings is 1. The van der Waals surface area contributed by atoms with Crippen LogP contribution >= 0.6 is 0 Å². The van der Waals surface area contributed by atoms with Crippen molar-refractivity contribution < 1.29 is 23.4 Å². The average molecular weight is 245 g/mol. The normalized spacial score (nSPS) is 12.2. The molecule has 0 radical (unpaired) electrons. The van der Waals surface area contributed by atoms with Crippen molar-refractivity contribution in [3.05, 3.63) is 29.3 Å². The van der Waals surface area contributed by atoms with Crippen LogP contribution in [0, 0.1) is 18.6 Å². The molecule has 0 aromatic heterocycles. The number of nitrogens with one attached hydrogen (secondary N) is 1. The Kier molecular flexibility index (Phi) is 4.39. The Bertz CT molecular complexity index is 423. The van der Waals surface area contributed by atoms with Gasteiger partial charge in [0.1, 0.15) is 17.5 Å². The summed E-state index contributed by atoms with van der Waals surface area (Å²) in [6, 6.07) is 1.15. The maximum absolute atomic E-state index is 13.6. The quantitative estimate of drug-likeness (QED) is 0.830. The highest BCUT2D eigenvalue weighted by Gasteiger charge is 2.21. The predicted molar refractivity (Wildman–Crippen MR) is 58.0 cm³/mol. The Morgan fingerprint density at radius 1 is 1.53 bits per heavy atom. The summed E-state index contributed by atoms with van der Waals surface area (Å²) in [6.07, 6.45) is 0. The van der Waals surface area contributed by atoms with Crippen molar-refractivity contribution in [2.75, 3.05) is 19.0 Å². The Hall–Kier alpha value is -1.69. The molecule has 0 amide bonds. The molecule has 94 valence electrons. The molecule has 17 heavy (non-hydrogen) atoms. The third-order valence-electron chi connectivity index (χ3n) is 2.23. The van der Waals surface area contributed by atoms with Gasteiger partial charge >= 0.3 is 5.97 Å². The molecule has 0 aliphatic heterocycles. The van der Waals surface area contributed by atoms with Gasteiger partial charge in [0.15, 0.2) is 5.82 Å². The lowest BCUT2D eigenvalue weighted by Crippen LogP contribution is -2.34. The van der Waals surface area contributed by atoms with Crippen molar-refractivity contribution in [1.82, 2.24) is 0 Å². The summed E-state index contributed by atoms with van der Waals surface area (Å²) in [7, 11) is 1.31. The van der Waals surface area contributed by atoms with Crippen LogP contribution in [0.3, 0.4) is 0 Å². The Balaban J connectivity index is 3.00. The van der Waals surface area contributed by atoms with Crippen molar-refractivity contribution in [2.45, 2.75) is 13.0 Å². The fraction of sp³-hybridized carbons (Fsp3) is 0.364. The van der Waals surface area contributed by atoms with Gasteiger partial charge in [-0.2, -0.15) is 0 Å². The van der Waals surface area contributed by atoms with Crippen molar-refractivity contribution in [3.8, 4) is 0 Å². The largest absolute Gasteiger partial charge is 0.480 e. The first-order chi connectivity index (χ1) is 7.97. The van der Waals surface area contributed by atoms with Crippen LogP contribution in [0.5, 0.6) is 0 Å². The van der Waals surface area contributed by atoms with Gasteiger partial charge in [0.25, 0.3) is 0 Å². The van der Waals surface area contributed by atoms with Crippen molar-refractivity contribution in [1.29, 1.82) is 0 Å². The van der Waals surface area contributed by atoms with Crippen LogP contribution in [-0.2, 0) is 9.53 Å². The number of methoxy groups -OCH3 is 1. The maximum Gasteiger partial charge on any atom is 0.328 e. The fourth-order valence-corrected chi connectivity index (χ4v) is 1.30. The highest BCUT2D eigenvalue weighted by Crippen LogP contribution is 2.22. The number of aliphatic carboxylic acids is 1. The molecule has 4 nitrogen and oxygen atoms in total. The molecule has 0 spiro atoms. The zero-order valence-corrected chi connectivity index (χ0v) is 9.46. The third kappa shape index (κ3) is 3.13. The van der Waals surface area contributed by atoms with Gasteiger partial charge in [-0.25, -0.2) is 13.6 Å². The molecule has 2 N–H and O–H groups in total. The second-order valence-corrected chi connectivity index (χ2v) is 3.54. The molecule has 1 aromatic carbocycles. The van der Waals surface area contributed by atoms with E-state index in [2.05, 4.69) is 10.1 Å². The van der Waals surface area contributed by atoms with Crippen molar-refractivity contribution in [2.24, 2.45) is 0 Å². The molecule has 0 aliphatic rings. The number of carbonyl (C=O) groups is 1. The van der Waals surface area contributed by atoms with E-state index in [1.807, 2.05) is 0 Å². The molecule has 0 saturated carbocycles. The molecule has 0 fully saturated rings. The average Bonchev–Trinajstić information content (AvgIpc) is 2.28. The van der Waals surface area contributed by atoms with Gasteiger partial charge in [-0.05, 0) is 18.6 Å². The van der Waals surface area contributed by atoms with E-state index in [0.29, 0.717) is 0 Å². The lowest BCUT2D eigenvalue weighted by Gasteiger charge is -2.16. The summed E-state index contributed by atoms with van der Waals surface area (Å²) >= 11 is 0. The van der Waals surface area contributed by atoms with Crippen molar-refractivity contribution >= 4 is 11.7 Å². The van der Waals surface area contributed by atoms with E-state index in [4.69, 9.17) is 5.11 Å². The van der Waals surface area contributed by atoms with Gasteiger partial charge in [0.05, 0.1) is 6.61 Å². The molecule has 0 heterocycles. The summed E-state index contributed by atoms with van der Waals surface area (Å²) in [5, 5.41) is 11.1. The van der Waals surface area contributed by atoms with E-state index in [1.165, 1.54) is 20.1 Å². The fourth-order valence-electron chi connectivity index (χ4n) is 1.30. The molecule has 0 aliphatic carbocycles. The number of carboxylic acids is 1. The molecule has 1 rings (SSSR count). The predicted octanol–water partition coefficient (Wildman–Crippen LogP) is 1.78. The zero-order chi connectivity index (χ0) is 13.0. The van der Waals surface area contributed by atoms with E-state index in [9.17, 15) is 13.6 Å². The Labute approximate surface area is 97.2 Å². The lowest BCUT2D eigenvalue weighted by atomic mass is 10.2. The number of carboxylic acid groups (broad SMARTS) is 1. The van der Waals surface area contributed by atoms with Crippen LogP contribution in [0.25, 0.3) is 0 Å². The van der Waals surface area contributed by atoms with Crippen LogP contribution in [-0.4, -0.2) is 30.8 Å². The van der Waals surface area contributed by atoms with E-state index in [1.54, 1.807) is 0 Å². The monoisotopic (exact) mass is 245 g/mol. The minimum atomic E-state index is -1.24. The van der Waals surface area contributed by atoms with E-state index >= 15 is 0 Å². The second kappa shape index (κ2) is 5.58. The van der Waals surface area contributed by atoms with Crippen LogP contribution in [0.1, 0.15) is 5.56 Å². The zero-order valence-electron chi connectivity index (χ0n) is 9.46. The minimum Gasteiger partial charge on any atom is -0.480 e. The highest BCUT2D eigenvalue weighted by atomic mass is 19.1. The summed E-state index contributed by atoms with van der Waals surface area (Å²) in [5.74, 6) is -2.88. The number of halogens is 2. The molecule has 1 unspecified atom stereocenters. The Morgan fingerprint density at radius 2 is 2.18 bits per heavy atom. The van der Waals surface area contributed by atoms with Crippen LogP contribution in [0.15, 0.2) is 12.1 Å². The first kappa shape index (κ1) is 13.4. The topological polar surface area (TPSA) is 58.6 Å². The van der Waals surface area contributed by atoms with E-state index in [-0.39, 0.29) is 12.2 Å². The van der Waals surface area contributed by atoms with Crippen LogP contribution in [0.2, 0.25) is 0 Å². The molecular formula is C11H13F2NO3. The summed E-state index contributed by atoms with van der Waals surface area (Å²) < 4.78 is 31.6. The van der Waals surface area contributed by atoms with Gasteiger partial charge in [0.2, 0.25) is 0 Å². The summed E-state index contributed by atoms with van der Waals surface area (Å²) in [6.45, 7) is 1.27. The number of hydrogen-bond acceptors (Lipinski definition) is 3. The van der Waals surface area contributed by atoms with Crippen molar-refractivity contribution in [3.63, 3.8) is 0 Å². The lowest BCUT2D eigenvalue weighted by molar-refractivity contribution is -0.139.